The summed E-state index contributed by atoms with van der Waals surface area (Å²) in [6.45, 7) is 7.66. The van der Waals surface area contributed by atoms with Crippen LogP contribution in [0.5, 0.6) is 0 Å². The van der Waals surface area contributed by atoms with Crippen molar-refractivity contribution >= 4 is 12.6 Å². The fourth-order valence-corrected chi connectivity index (χ4v) is 4.72. The van der Waals surface area contributed by atoms with Crippen LogP contribution in [-0.2, 0) is 15.5 Å². The van der Waals surface area contributed by atoms with Crippen LogP contribution < -0.4 is 0 Å². The molecule has 0 saturated heterocycles. The van der Waals surface area contributed by atoms with Gasteiger partial charge in [-0.3, -0.25) is 0 Å². The Balaban J connectivity index is 2.85. The van der Waals surface area contributed by atoms with Gasteiger partial charge in [0, 0.05) is 0 Å². The van der Waals surface area contributed by atoms with Gasteiger partial charge in [-0.25, -0.2) is 0 Å². The standard InChI is InChI=1S/C15H23O2P/c1-13(16)11-14(2)17-18(3,4,5)12-15-9-7-6-8-10-15/h6-11H,12H2,1-5H3/b14-11+. The monoisotopic (exact) mass is 266 g/mol. The summed E-state index contributed by atoms with van der Waals surface area (Å²) >= 11 is 0. The van der Waals surface area contributed by atoms with E-state index in [9.17, 15) is 4.79 Å². The summed E-state index contributed by atoms with van der Waals surface area (Å²) in [5, 5.41) is 0. The van der Waals surface area contributed by atoms with Crippen LogP contribution >= 0.6 is 6.83 Å². The van der Waals surface area contributed by atoms with E-state index in [1.54, 1.807) is 13.0 Å². The molecule has 0 fully saturated rings. The zero-order valence-corrected chi connectivity index (χ0v) is 12.8. The summed E-state index contributed by atoms with van der Waals surface area (Å²) in [6, 6.07) is 10.3. The molecule has 0 N–H and O–H groups in total. The first kappa shape index (κ1) is 14.9. The van der Waals surface area contributed by atoms with Gasteiger partial charge in [0.2, 0.25) is 0 Å². The maximum atomic E-state index is 11.1. The molecule has 0 spiro atoms. The van der Waals surface area contributed by atoms with Gasteiger partial charge < -0.3 is 0 Å². The SMILES string of the molecule is CC(=O)/C=C(\C)OP(C)(C)(C)Cc1ccccc1. The normalized spacial score (nSPS) is 14.7. The third-order valence-electron chi connectivity index (χ3n) is 2.45. The number of hydrogen-bond donors (Lipinski definition) is 0. The van der Waals surface area contributed by atoms with Gasteiger partial charge in [0.1, 0.15) is 0 Å². The second kappa shape index (κ2) is 5.24. The molecule has 0 aliphatic rings. The van der Waals surface area contributed by atoms with Crippen molar-refractivity contribution in [3.05, 3.63) is 47.7 Å². The van der Waals surface area contributed by atoms with Crippen LogP contribution in [0.25, 0.3) is 0 Å². The van der Waals surface area contributed by atoms with E-state index in [-0.39, 0.29) is 5.78 Å². The molecule has 0 atom stereocenters. The van der Waals surface area contributed by atoms with E-state index in [0.29, 0.717) is 5.76 Å². The maximum absolute atomic E-state index is 11.1. The molecule has 0 radical (unpaired) electrons. The van der Waals surface area contributed by atoms with Gasteiger partial charge in [-0.15, -0.1) is 0 Å². The molecule has 1 aromatic rings. The fourth-order valence-electron chi connectivity index (χ4n) is 2.08. The molecule has 0 aliphatic heterocycles. The number of benzene rings is 1. The minimum atomic E-state index is -2.27. The predicted octanol–water partition coefficient (Wildman–Crippen LogP) is 4.05. The van der Waals surface area contributed by atoms with Crippen LogP contribution in [0.4, 0.5) is 0 Å². The topological polar surface area (TPSA) is 26.3 Å². The van der Waals surface area contributed by atoms with E-state index in [4.69, 9.17) is 4.52 Å². The van der Waals surface area contributed by atoms with Crippen molar-refractivity contribution in [1.29, 1.82) is 0 Å². The summed E-state index contributed by atoms with van der Waals surface area (Å²) in [5.74, 6) is 0.739. The molecule has 100 valence electrons. The van der Waals surface area contributed by atoms with Crippen LogP contribution in [0.1, 0.15) is 19.4 Å². The average Bonchev–Trinajstić information content (AvgIpc) is 2.13. The Hall–Kier alpha value is -1.14. The first-order valence-electron chi connectivity index (χ1n) is 6.09. The van der Waals surface area contributed by atoms with E-state index in [2.05, 4.69) is 32.1 Å². The molecule has 18 heavy (non-hydrogen) atoms. The van der Waals surface area contributed by atoms with Gasteiger partial charge in [-0.2, -0.15) is 0 Å². The second-order valence-electron chi connectivity index (χ2n) is 6.07. The molecule has 0 bridgehead atoms. The zero-order chi connectivity index (χ0) is 13.8. The van der Waals surface area contributed by atoms with Crippen LogP contribution in [0.2, 0.25) is 0 Å². The Morgan fingerprint density at radius 3 is 2.22 bits per heavy atom. The number of carbonyl (C=O) groups excluding carboxylic acids is 1. The Labute approximate surface area is 110 Å². The molecule has 3 heteroatoms. The summed E-state index contributed by atoms with van der Waals surface area (Å²) in [4.78, 5) is 11.1. The third kappa shape index (κ3) is 5.46. The number of allylic oxidation sites excluding steroid dienone is 2. The second-order valence-corrected chi connectivity index (χ2v) is 12.5. The van der Waals surface area contributed by atoms with Crippen LogP contribution in [0.15, 0.2) is 42.2 Å². The van der Waals surface area contributed by atoms with Gasteiger partial charge in [0.25, 0.3) is 0 Å². The molecule has 2 nitrogen and oxygen atoms in total. The first-order chi connectivity index (χ1) is 8.16. The summed E-state index contributed by atoms with van der Waals surface area (Å²) in [6.07, 6.45) is 2.47. The number of rotatable bonds is 5. The Bertz CT molecular complexity index is 452. The van der Waals surface area contributed by atoms with Gasteiger partial charge >= 0.3 is 110 Å². The molecular formula is C15H23O2P. The summed E-state index contributed by atoms with van der Waals surface area (Å²) in [7, 11) is 0. The minimum absolute atomic E-state index is 0.0270. The van der Waals surface area contributed by atoms with Crippen molar-refractivity contribution < 1.29 is 9.32 Å². The Kier molecular flexibility index (Phi) is 4.34. The van der Waals surface area contributed by atoms with Crippen LogP contribution in [0.3, 0.4) is 0 Å². The Morgan fingerprint density at radius 2 is 1.72 bits per heavy atom. The van der Waals surface area contributed by atoms with Gasteiger partial charge in [-0.05, 0) is 0 Å². The van der Waals surface area contributed by atoms with Crippen molar-refractivity contribution in [3.63, 3.8) is 0 Å². The number of hydrogen-bond acceptors (Lipinski definition) is 2. The van der Waals surface area contributed by atoms with E-state index >= 15 is 0 Å². The first-order valence-corrected chi connectivity index (χ1v) is 9.77. The molecule has 0 amide bonds. The van der Waals surface area contributed by atoms with Crippen LogP contribution in [0, 0.1) is 0 Å². The van der Waals surface area contributed by atoms with Gasteiger partial charge in [0.05, 0.1) is 0 Å². The molecule has 0 heterocycles. The van der Waals surface area contributed by atoms with Gasteiger partial charge in [-0.1, -0.05) is 0 Å². The molecule has 0 aromatic heterocycles. The summed E-state index contributed by atoms with van der Waals surface area (Å²) in [5.41, 5.74) is 1.28. The van der Waals surface area contributed by atoms with Crippen molar-refractivity contribution in [3.8, 4) is 0 Å². The van der Waals surface area contributed by atoms with Crippen molar-refractivity contribution in [1.82, 2.24) is 0 Å². The van der Waals surface area contributed by atoms with Crippen molar-refractivity contribution in [2.45, 2.75) is 20.0 Å². The van der Waals surface area contributed by atoms with Crippen molar-refractivity contribution in [2.24, 2.45) is 0 Å². The van der Waals surface area contributed by atoms with E-state index in [1.165, 1.54) is 5.56 Å². The van der Waals surface area contributed by atoms with E-state index in [1.807, 2.05) is 25.1 Å². The molecule has 1 aromatic carbocycles. The molecule has 0 unspecified atom stereocenters. The fraction of sp³-hybridized carbons (Fsp3) is 0.400. The Morgan fingerprint density at radius 1 is 1.17 bits per heavy atom. The zero-order valence-electron chi connectivity index (χ0n) is 11.9. The predicted molar refractivity (Wildman–Crippen MR) is 80.4 cm³/mol. The number of ketones is 1. The van der Waals surface area contributed by atoms with E-state index in [0.717, 1.165) is 6.16 Å². The van der Waals surface area contributed by atoms with Gasteiger partial charge in [0.15, 0.2) is 0 Å². The molecule has 0 aliphatic carbocycles. The third-order valence-corrected chi connectivity index (χ3v) is 4.86. The van der Waals surface area contributed by atoms with E-state index < -0.39 is 6.83 Å². The summed E-state index contributed by atoms with van der Waals surface area (Å²) < 4.78 is 6.11. The molecule has 1 rings (SSSR count). The number of carbonyl (C=O) groups is 1. The van der Waals surface area contributed by atoms with Crippen molar-refractivity contribution in [2.75, 3.05) is 20.0 Å². The molecule has 0 saturated carbocycles. The quantitative estimate of drug-likeness (QED) is 0.456. The van der Waals surface area contributed by atoms with Crippen LogP contribution in [-0.4, -0.2) is 25.8 Å². The average molecular weight is 266 g/mol. The molecular weight excluding hydrogens is 243 g/mol.